The molecule has 0 atom stereocenters. The minimum atomic E-state index is 0.678. The zero-order valence-corrected chi connectivity index (χ0v) is 17.5. The van der Waals surface area contributed by atoms with Crippen LogP contribution in [0.1, 0.15) is 16.8 Å². The number of aromatic nitrogens is 3. The molecule has 2 fully saturated rings. The Labute approximate surface area is 172 Å². The molecule has 0 unspecified atom stereocenters. The summed E-state index contributed by atoms with van der Waals surface area (Å²) in [5.41, 5.74) is 2.61. The first kappa shape index (κ1) is 19.4. The summed E-state index contributed by atoms with van der Waals surface area (Å²) in [7, 11) is 2.16. The van der Waals surface area contributed by atoms with Crippen LogP contribution in [0.3, 0.4) is 0 Å². The van der Waals surface area contributed by atoms with Crippen LogP contribution in [0.5, 0.6) is 0 Å². The molecule has 2 aliphatic heterocycles. The summed E-state index contributed by atoms with van der Waals surface area (Å²) in [5.74, 6) is 2.60. The van der Waals surface area contributed by atoms with Gasteiger partial charge in [0.2, 0.25) is 5.95 Å². The Balaban J connectivity index is 1.46. The van der Waals surface area contributed by atoms with E-state index in [-0.39, 0.29) is 0 Å². The Morgan fingerprint density at radius 3 is 2.24 bits per heavy atom. The highest BCUT2D eigenvalue weighted by molar-refractivity contribution is 5.59. The van der Waals surface area contributed by atoms with Crippen molar-refractivity contribution in [2.45, 2.75) is 13.8 Å². The number of rotatable bonds is 3. The summed E-state index contributed by atoms with van der Waals surface area (Å²) in [6.07, 6.45) is 1.86. The van der Waals surface area contributed by atoms with Gasteiger partial charge in [-0.05, 0) is 38.6 Å². The summed E-state index contributed by atoms with van der Waals surface area (Å²) in [6, 6.07) is 6.30. The lowest BCUT2D eigenvalue weighted by Gasteiger charge is -2.37. The zero-order chi connectivity index (χ0) is 20.4. The molecule has 0 aromatic carbocycles. The molecular weight excluding hydrogens is 364 g/mol. The highest BCUT2D eigenvalue weighted by atomic mass is 15.4. The minimum absolute atomic E-state index is 0.678. The fraction of sp³-hybridized carbons (Fsp3) is 0.524. The van der Waals surface area contributed by atoms with E-state index in [0.29, 0.717) is 5.56 Å². The molecule has 0 saturated carbocycles. The molecule has 152 valence electrons. The number of piperazine rings is 2. The van der Waals surface area contributed by atoms with Gasteiger partial charge in [0.25, 0.3) is 0 Å². The Bertz CT molecular complexity index is 905. The summed E-state index contributed by atoms with van der Waals surface area (Å²) >= 11 is 0. The zero-order valence-electron chi connectivity index (χ0n) is 17.5. The van der Waals surface area contributed by atoms with Crippen LogP contribution in [0.4, 0.5) is 17.6 Å². The van der Waals surface area contributed by atoms with Crippen LogP contribution in [0, 0.1) is 25.2 Å². The average Bonchev–Trinajstić information content (AvgIpc) is 2.74. The molecule has 0 radical (unpaired) electrons. The average molecular weight is 393 g/mol. The molecular formula is C21H28N8. The van der Waals surface area contributed by atoms with E-state index in [2.05, 4.69) is 42.7 Å². The maximum atomic E-state index is 9.57. The fourth-order valence-electron chi connectivity index (χ4n) is 4.01. The molecule has 0 spiro atoms. The van der Waals surface area contributed by atoms with E-state index in [0.717, 1.165) is 81.2 Å². The summed E-state index contributed by atoms with van der Waals surface area (Å²) in [4.78, 5) is 23.1. The van der Waals surface area contributed by atoms with Gasteiger partial charge in [0, 0.05) is 64.2 Å². The van der Waals surface area contributed by atoms with Crippen molar-refractivity contribution in [1.29, 1.82) is 5.26 Å². The highest BCUT2D eigenvalue weighted by Crippen LogP contribution is 2.24. The van der Waals surface area contributed by atoms with Crippen LogP contribution in [0.15, 0.2) is 18.3 Å². The van der Waals surface area contributed by atoms with Crippen molar-refractivity contribution in [1.82, 2.24) is 19.9 Å². The second-order valence-corrected chi connectivity index (χ2v) is 7.87. The SMILES string of the molecule is Cc1cc(C)c(C#N)c(N2CCN(c3nccc(N4CCN(C)CC4)n3)CC2)n1. The third-order valence-corrected chi connectivity index (χ3v) is 5.75. The van der Waals surface area contributed by atoms with Crippen LogP contribution in [-0.2, 0) is 0 Å². The second-order valence-electron chi connectivity index (χ2n) is 7.87. The molecule has 0 amide bonds. The van der Waals surface area contributed by atoms with E-state index < -0.39 is 0 Å². The number of hydrogen-bond acceptors (Lipinski definition) is 8. The maximum Gasteiger partial charge on any atom is 0.227 e. The van der Waals surface area contributed by atoms with E-state index >= 15 is 0 Å². The van der Waals surface area contributed by atoms with Crippen LogP contribution in [0.25, 0.3) is 0 Å². The van der Waals surface area contributed by atoms with E-state index in [4.69, 9.17) is 4.98 Å². The number of anilines is 3. The van der Waals surface area contributed by atoms with Crippen molar-refractivity contribution in [3.8, 4) is 6.07 Å². The van der Waals surface area contributed by atoms with Crippen LogP contribution >= 0.6 is 0 Å². The minimum Gasteiger partial charge on any atom is -0.354 e. The number of pyridine rings is 1. The largest absolute Gasteiger partial charge is 0.354 e. The number of likely N-dealkylation sites (N-methyl/N-ethyl adjacent to an activating group) is 1. The molecule has 2 saturated heterocycles. The first-order valence-corrected chi connectivity index (χ1v) is 10.2. The van der Waals surface area contributed by atoms with Gasteiger partial charge in [0.15, 0.2) is 0 Å². The van der Waals surface area contributed by atoms with E-state index in [9.17, 15) is 5.26 Å². The third-order valence-electron chi connectivity index (χ3n) is 5.75. The predicted molar refractivity (Wildman–Crippen MR) is 115 cm³/mol. The van der Waals surface area contributed by atoms with Gasteiger partial charge in [-0.25, -0.2) is 9.97 Å². The number of nitrogens with zero attached hydrogens (tertiary/aromatic N) is 8. The van der Waals surface area contributed by atoms with Gasteiger partial charge in [-0.1, -0.05) is 0 Å². The summed E-state index contributed by atoms with van der Waals surface area (Å²) in [5, 5.41) is 9.57. The van der Waals surface area contributed by atoms with Gasteiger partial charge in [-0.15, -0.1) is 0 Å². The lowest BCUT2D eigenvalue weighted by Crippen LogP contribution is -2.48. The van der Waals surface area contributed by atoms with Crippen molar-refractivity contribution in [3.63, 3.8) is 0 Å². The van der Waals surface area contributed by atoms with Crippen molar-refractivity contribution in [3.05, 3.63) is 35.2 Å². The molecule has 0 N–H and O–H groups in total. The van der Waals surface area contributed by atoms with Gasteiger partial charge in [-0.3, -0.25) is 0 Å². The van der Waals surface area contributed by atoms with E-state index in [1.807, 2.05) is 32.2 Å². The normalized spacial score (nSPS) is 18.1. The molecule has 8 nitrogen and oxygen atoms in total. The Morgan fingerprint density at radius 2 is 1.55 bits per heavy atom. The van der Waals surface area contributed by atoms with Gasteiger partial charge in [0.1, 0.15) is 17.7 Å². The first-order chi connectivity index (χ1) is 14.0. The summed E-state index contributed by atoms with van der Waals surface area (Å²) in [6.45, 7) is 11.3. The van der Waals surface area contributed by atoms with Crippen molar-refractivity contribution < 1.29 is 0 Å². The fourth-order valence-corrected chi connectivity index (χ4v) is 4.01. The maximum absolute atomic E-state index is 9.57. The Hall–Kier alpha value is -2.92. The first-order valence-electron chi connectivity index (χ1n) is 10.2. The number of aryl methyl sites for hydroxylation is 2. The number of hydrogen-bond donors (Lipinski definition) is 0. The molecule has 4 rings (SSSR count). The standard InChI is InChI=1S/C21H28N8/c1-16-14-17(2)24-20(18(16)15-22)28-10-12-29(13-11-28)21-23-5-4-19(25-21)27-8-6-26(3)7-9-27/h4-5,14H,6-13H2,1-3H3. The molecule has 2 aromatic heterocycles. The lowest BCUT2D eigenvalue weighted by molar-refractivity contribution is 0.312. The quantitative estimate of drug-likeness (QED) is 0.777. The highest BCUT2D eigenvalue weighted by Gasteiger charge is 2.24. The molecule has 8 heteroatoms. The van der Waals surface area contributed by atoms with Gasteiger partial charge in [-0.2, -0.15) is 10.2 Å². The Morgan fingerprint density at radius 1 is 0.897 bits per heavy atom. The smallest absolute Gasteiger partial charge is 0.227 e. The molecule has 2 aliphatic rings. The van der Waals surface area contributed by atoms with Crippen LogP contribution in [0.2, 0.25) is 0 Å². The molecule has 4 heterocycles. The Kier molecular flexibility index (Phi) is 5.49. The third kappa shape index (κ3) is 4.10. The van der Waals surface area contributed by atoms with Gasteiger partial charge in [0.05, 0.1) is 5.56 Å². The van der Waals surface area contributed by atoms with Gasteiger partial charge >= 0.3 is 0 Å². The molecule has 0 bridgehead atoms. The van der Waals surface area contributed by atoms with Crippen molar-refractivity contribution >= 4 is 17.6 Å². The lowest BCUT2D eigenvalue weighted by atomic mass is 10.1. The van der Waals surface area contributed by atoms with Gasteiger partial charge < -0.3 is 19.6 Å². The molecule has 0 aliphatic carbocycles. The predicted octanol–water partition coefficient (Wildman–Crippen LogP) is 1.44. The van der Waals surface area contributed by atoms with Crippen LogP contribution in [-0.4, -0.2) is 79.3 Å². The topological polar surface area (TPSA) is 75.4 Å². The van der Waals surface area contributed by atoms with Crippen molar-refractivity contribution in [2.75, 3.05) is 74.1 Å². The van der Waals surface area contributed by atoms with E-state index in [1.54, 1.807) is 0 Å². The van der Waals surface area contributed by atoms with E-state index in [1.165, 1.54) is 0 Å². The van der Waals surface area contributed by atoms with Crippen LogP contribution < -0.4 is 14.7 Å². The summed E-state index contributed by atoms with van der Waals surface area (Å²) < 4.78 is 0. The van der Waals surface area contributed by atoms with Crippen molar-refractivity contribution in [2.24, 2.45) is 0 Å². The molecule has 29 heavy (non-hydrogen) atoms. The second kappa shape index (κ2) is 8.21. The number of nitriles is 1. The molecule has 2 aromatic rings. The monoisotopic (exact) mass is 392 g/mol.